The van der Waals surface area contributed by atoms with Crippen molar-refractivity contribution < 1.29 is 9.32 Å². The van der Waals surface area contributed by atoms with E-state index in [-0.39, 0.29) is 6.03 Å². The molecule has 0 radical (unpaired) electrons. The molecule has 106 valence electrons. The van der Waals surface area contributed by atoms with Crippen molar-refractivity contribution in [1.82, 2.24) is 20.4 Å². The average molecular weight is 276 g/mol. The molecule has 0 atom stereocenters. The first-order valence-corrected chi connectivity index (χ1v) is 6.02. The summed E-state index contributed by atoms with van der Waals surface area (Å²) < 4.78 is 4.88. The molecule has 2 aromatic heterocycles. The number of anilines is 2. The van der Waals surface area contributed by atoms with E-state index < -0.39 is 0 Å². The molecule has 2 aromatic rings. The smallest absolute Gasteiger partial charge is 0.321 e. The number of carbonyl (C=O) groups is 1. The minimum atomic E-state index is -0.383. The van der Waals surface area contributed by atoms with Gasteiger partial charge in [-0.2, -0.15) is 0 Å². The highest BCUT2D eigenvalue weighted by Gasteiger charge is 2.07. The molecule has 0 unspecified atom stereocenters. The van der Waals surface area contributed by atoms with Crippen molar-refractivity contribution in [2.75, 3.05) is 24.3 Å². The Kier molecular flexibility index (Phi) is 4.14. The summed E-state index contributed by atoms with van der Waals surface area (Å²) in [5.41, 5.74) is 1.42. The number of nitrogens with zero attached hydrogens (tertiary/aromatic N) is 4. The molecular formula is C12H16N6O2. The first-order chi connectivity index (χ1) is 9.54. The van der Waals surface area contributed by atoms with E-state index in [1.807, 2.05) is 14.1 Å². The van der Waals surface area contributed by atoms with Gasteiger partial charge in [-0.3, -0.25) is 5.32 Å². The normalized spacial score (nSPS) is 10.2. The molecule has 8 nitrogen and oxygen atoms in total. The molecule has 8 heteroatoms. The monoisotopic (exact) mass is 276 g/mol. The number of carbonyl (C=O) groups excluding carboxylic acids is 1. The second-order valence-corrected chi connectivity index (χ2v) is 4.38. The lowest BCUT2D eigenvalue weighted by molar-refractivity contribution is 0.250. The fraction of sp³-hybridized carbons (Fsp3) is 0.333. The van der Waals surface area contributed by atoms with Crippen LogP contribution >= 0.6 is 0 Å². The van der Waals surface area contributed by atoms with Gasteiger partial charge in [-0.15, -0.1) is 0 Å². The van der Waals surface area contributed by atoms with Crippen molar-refractivity contribution in [2.24, 2.45) is 0 Å². The number of aromatic nitrogens is 3. The van der Waals surface area contributed by atoms with Gasteiger partial charge in [0.25, 0.3) is 0 Å². The summed E-state index contributed by atoms with van der Waals surface area (Å²) in [7, 11) is 3.71. The Labute approximate surface area is 116 Å². The third-order valence-electron chi connectivity index (χ3n) is 2.40. The molecule has 0 spiro atoms. The van der Waals surface area contributed by atoms with Gasteiger partial charge in [0.2, 0.25) is 11.8 Å². The zero-order chi connectivity index (χ0) is 14.5. The third kappa shape index (κ3) is 3.67. The molecule has 2 rings (SSSR count). The fourth-order valence-corrected chi connectivity index (χ4v) is 1.45. The molecule has 2 N–H and O–H groups in total. The largest absolute Gasteiger partial charge is 0.347 e. The Bertz CT molecular complexity index is 595. The molecule has 0 saturated heterocycles. The maximum atomic E-state index is 11.7. The van der Waals surface area contributed by atoms with Crippen LogP contribution in [0.25, 0.3) is 0 Å². The summed E-state index contributed by atoms with van der Waals surface area (Å²) >= 11 is 0. The number of rotatable bonds is 4. The second-order valence-electron chi connectivity index (χ2n) is 4.38. The molecule has 20 heavy (non-hydrogen) atoms. The highest BCUT2D eigenvalue weighted by Crippen LogP contribution is 2.08. The summed E-state index contributed by atoms with van der Waals surface area (Å²) in [6.07, 6.45) is 1.65. The standard InChI is InChI=1S/C12H16N6O2/c1-8-6-10(20-17-8)16-12(19)14-7-9-4-5-13-11(15-9)18(2)3/h4-6H,7H2,1-3H3,(H2,14,16,19). The van der Waals surface area contributed by atoms with Gasteiger partial charge in [-0.1, -0.05) is 5.16 Å². The van der Waals surface area contributed by atoms with Crippen LogP contribution in [-0.2, 0) is 6.54 Å². The molecule has 0 aliphatic heterocycles. The Morgan fingerprint density at radius 3 is 2.90 bits per heavy atom. The molecule has 0 aliphatic rings. The number of hydrogen-bond donors (Lipinski definition) is 2. The summed E-state index contributed by atoms with van der Waals surface area (Å²) in [4.78, 5) is 21.8. The SMILES string of the molecule is Cc1cc(NC(=O)NCc2ccnc(N(C)C)n2)on1. The first kappa shape index (κ1) is 13.8. The summed E-state index contributed by atoms with van der Waals surface area (Å²) in [6.45, 7) is 2.07. The predicted molar refractivity (Wildman–Crippen MR) is 73.5 cm³/mol. The van der Waals surface area contributed by atoms with E-state index in [4.69, 9.17) is 4.52 Å². The van der Waals surface area contributed by atoms with Crippen molar-refractivity contribution in [3.8, 4) is 0 Å². The van der Waals surface area contributed by atoms with Crippen LogP contribution in [0.3, 0.4) is 0 Å². The van der Waals surface area contributed by atoms with Gasteiger partial charge in [0.1, 0.15) is 0 Å². The minimum Gasteiger partial charge on any atom is -0.347 e. The maximum absolute atomic E-state index is 11.7. The predicted octanol–water partition coefficient (Wildman–Crippen LogP) is 1.16. The topological polar surface area (TPSA) is 96.2 Å². The van der Waals surface area contributed by atoms with Gasteiger partial charge in [0.05, 0.1) is 17.9 Å². The lowest BCUT2D eigenvalue weighted by atomic mass is 10.4. The van der Waals surface area contributed by atoms with Crippen LogP contribution in [0.2, 0.25) is 0 Å². The average Bonchev–Trinajstić information content (AvgIpc) is 2.82. The van der Waals surface area contributed by atoms with Crippen LogP contribution in [0, 0.1) is 6.92 Å². The summed E-state index contributed by atoms with van der Waals surface area (Å²) in [6, 6.07) is 2.99. The number of amides is 2. The Morgan fingerprint density at radius 1 is 1.45 bits per heavy atom. The van der Waals surface area contributed by atoms with E-state index in [1.165, 1.54) is 0 Å². The number of urea groups is 1. The van der Waals surface area contributed by atoms with E-state index in [2.05, 4.69) is 25.8 Å². The Hall–Kier alpha value is -2.64. The van der Waals surface area contributed by atoms with Crippen molar-refractivity contribution in [3.63, 3.8) is 0 Å². The van der Waals surface area contributed by atoms with Gasteiger partial charge in [-0.05, 0) is 13.0 Å². The quantitative estimate of drug-likeness (QED) is 0.870. The van der Waals surface area contributed by atoms with E-state index in [0.29, 0.717) is 29.8 Å². The number of aryl methyl sites for hydroxylation is 1. The van der Waals surface area contributed by atoms with Gasteiger partial charge < -0.3 is 14.7 Å². The van der Waals surface area contributed by atoms with Crippen LogP contribution in [0.5, 0.6) is 0 Å². The van der Waals surface area contributed by atoms with E-state index in [1.54, 1.807) is 30.2 Å². The Morgan fingerprint density at radius 2 is 2.25 bits per heavy atom. The molecule has 0 saturated carbocycles. The van der Waals surface area contributed by atoms with Crippen molar-refractivity contribution in [1.29, 1.82) is 0 Å². The van der Waals surface area contributed by atoms with Gasteiger partial charge >= 0.3 is 6.03 Å². The molecule has 2 heterocycles. The zero-order valence-corrected chi connectivity index (χ0v) is 11.5. The van der Waals surface area contributed by atoms with Crippen molar-refractivity contribution in [2.45, 2.75) is 13.5 Å². The van der Waals surface area contributed by atoms with E-state index in [0.717, 1.165) is 0 Å². The van der Waals surface area contributed by atoms with Crippen molar-refractivity contribution >= 4 is 17.9 Å². The van der Waals surface area contributed by atoms with Crippen LogP contribution in [0.4, 0.5) is 16.6 Å². The lowest BCUT2D eigenvalue weighted by Crippen LogP contribution is -2.28. The maximum Gasteiger partial charge on any atom is 0.321 e. The fourth-order valence-electron chi connectivity index (χ4n) is 1.45. The van der Waals surface area contributed by atoms with Crippen LogP contribution < -0.4 is 15.5 Å². The van der Waals surface area contributed by atoms with Crippen molar-refractivity contribution in [3.05, 3.63) is 29.7 Å². The Balaban J connectivity index is 1.88. The van der Waals surface area contributed by atoms with Crippen LogP contribution in [0.1, 0.15) is 11.4 Å². The molecular weight excluding hydrogens is 260 g/mol. The number of hydrogen-bond acceptors (Lipinski definition) is 6. The molecule has 0 bridgehead atoms. The lowest BCUT2D eigenvalue weighted by Gasteiger charge is -2.11. The molecule has 0 aromatic carbocycles. The van der Waals surface area contributed by atoms with Crippen LogP contribution in [0.15, 0.2) is 22.9 Å². The minimum absolute atomic E-state index is 0.294. The van der Waals surface area contributed by atoms with Gasteiger partial charge in [0, 0.05) is 26.4 Å². The third-order valence-corrected chi connectivity index (χ3v) is 2.40. The zero-order valence-electron chi connectivity index (χ0n) is 11.5. The van der Waals surface area contributed by atoms with E-state index in [9.17, 15) is 4.79 Å². The first-order valence-electron chi connectivity index (χ1n) is 6.02. The van der Waals surface area contributed by atoms with Gasteiger partial charge in [-0.25, -0.2) is 14.8 Å². The molecule has 0 fully saturated rings. The second kappa shape index (κ2) is 6.00. The molecule has 0 aliphatic carbocycles. The van der Waals surface area contributed by atoms with Gasteiger partial charge in [0.15, 0.2) is 0 Å². The highest BCUT2D eigenvalue weighted by molar-refractivity contribution is 5.87. The molecule has 2 amide bonds. The van der Waals surface area contributed by atoms with E-state index >= 15 is 0 Å². The highest BCUT2D eigenvalue weighted by atomic mass is 16.5. The van der Waals surface area contributed by atoms with Crippen LogP contribution in [-0.4, -0.2) is 35.3 Å². The number of nitrogens with one attached hydrogen (secondary N) is 2. The summed E-state index contributed by atoms with van der Waals surface area (Å²) in [5, 5.41) is 8.89. The summed E-state index contributed by atoms with van der Waals surface area (Å²) in [5.74, 6) is 0.896.